The van der Waals surface area contributed by atoms with Crippen LogP contribution in [0.3, 0.4) is 0 Å². The number of amides is 1. The van der Waals surface area contributed by atoms with Gasteiger partial charge in [-0.25, -0.2) is 4.39 Å². The van der Waals surface area contributed by atoms with E-state index in [9.17, 15) is 19.1 Å². The molecule has 7 nitrogen and oxygen atoms in total. The first kappa shape index (κ1) is 19.2. The van der Waals surface area contributed by atoms with E-state index in [1.54, 1.807) is 27.8 Å². The summed E-state index contributed by atoms with van der Waals surface area (Å²) in [6.07, 6.45) is 3.54. The van der Waals surface area contributed by atoms with Gasteiger partial charge in [0.1, 0.15) is 10.8 Å². The molecule has 1 fully saturated rings. The maximum atomic E-state index is 14.2. The summed E-state index contributed by atoms with van der Waals surface area (Å²) < 4.78 is 15.8. The molecule has 0 aliphatic carbocycles. The van der Waals surface area contributed by atoms with Crippen molar-refractivity contribution in [3.05, 3.63) is 61.7 Å². The molecular weight excluding hydrogens is 431 g/mol. The number of aromatic hydroxyl groups is 1. The fourth-order valence-electron chi connectivity index (χ4n) is 4.11. The minimum atomic E-state index is -0.663. The zero-order valence-corrected chi connectivity index (χ0v) is 17.2. The summed E-state index contributed by atoms with van der Waals surface area (Å²) in [6.45, 7) is 1.15. The fraction of sp³-hybridized carbons (Fsp3) is 0.300. The van der Waals surface area contributed by atoms with Crippen LogP contribution in [0.4, 0.5) is 4.39 Å². The van der Waals surface area contributed by atoms with Gasteiger partial charge in [-0.3, -0.25) is 9.59 Å². The van der Waals surface area contributed by atoms with Crippen LogP contribution in [0.5, 0.6) is 5.75 Å². The summed E-state index contributed by atoms with van der Waals surface area (Å²) in [7, 11) is 0. The Bertz CT molecular complexity index is 1240. The Morgan fingerprint density at radius 1 is 1.30 bits per heavy atom. The van der Waals surface area contributed by atoms with E-state index in [2.05, 4.69) is 10.2 Å². The quantitative estimate of drug-likeness (QED) is 0.668. The zero-order valence-electron chi connectivity index (χ0n) is 15.6. The molecule has 4 heterocycles. The van der Waals surface area contributed by atoms with Crippen LogP contribution in [-0.4, -0.2) is 43.3 Å². The number of benzene rings is 1. The molecule has 30 heavy (non-hydrogen) atoms. The van der Waals surface area contributed by atoms with Gasteiger partial charge < -0.3 is 14.6 Å². The van der Waals surface area contributed by atoms with Crippen molar-refractivity contribution in [2.45, 2.75) is 31.8 Å². The van der Waals surface area contributed by atoms with Crippen molar-refractivity contribution >= 4 is 28.8 Å². The Balaban J connectivity index is 1.52. The minimum Gasteiger partial charge on any atom is -0.503 e. The molecule has 1 atom stereocenters. The molecule has 0 bridgehead atoms. The minimum absolute atomic E-state index is 0.0210. The van der Waals surface area contributed by atoms with Crippen LogP contribution in [0.15, 0.2) is 29.2 Å². The molecule has 1 N–H and O–H groups in total. The lowest BCUT2D eigenvalue weighted by Crippen LogP contribution is -2.45. The van der Waals surface area contributed by atoms with Crippen LogP contribution in [0.2, 0.25) is 5.02 Å². The molecule has 1 aromatic carbocycles. The normalized spacial score (nSPS) is 17.9. The predicted octanol–water partition coefficient (Wildman–Crippen LogP) is 3.07. The number of carbonyl (C=O) groups is 1. The van der Waals surface area contributed by atoms with Crippen molar-refractivity contribution in [2.75, 3.05) is 6.54 Å². The van der Waals surface area contributed by atoms with Crippen molar-refractivity contribution < 1.29 is 14.3 Å². The smallest absolute Gasteiger partial charge is 0.274 e. The van der Waals surface area contributed by atoms with Gasteiger partial charge in [0, 0.05) is 25.7 Å². The molecule has 0 spiro atoms. The van der Waals surface area contributed by atoms with Crippen molar-refractivity contribution in [1.29, 1.82) is 0 Å². The molecule has 154 valence electrons. The molecule has 0 saturated carbocycles. The highest BCUT2D eigenvalue weighted by Gasteiger charge is 2.38. The molecule has 0 radical (unpaired) electrons. The highest BCUT2D eigenvalue weighted by molar-refractivity contribution is 7.14. The Hall–Kier alpha value is -2.78. The highest BCUT2D eigenvalue weighted by Crippen LogP contribution is 2.32. The van der Waals surface area contributed by atoms with Crippen LogP contribution in [0.1, 0.15) is 33.9 Å². The van der Waals surface area contributed by atoms with E-state index >= 15 is 0 Å². The summed E-state index contributed by atoms with van der Waals surface area (Å²) in [5.41, 5.74) is -0.0931. The third-order valence-corrected chi connectivity index (χ3v) is 6.82. The number of nitrogens with zero attached hydrogens (tertiary/aromatic N) is 4. The fourth-order valence-corrected chi connectivity index (χ4v) is 5.17. The van der Waals surface area contributed by atoms with Crippen molar-refractivity contribution in [2.24, 2.45) is 0 Å². The standard InChI is InChI=1S/C20H16ClFN4O3S/c21-13-5-1-3-10(15(13)22)7-14-23-24-19(30-14)12-9-25-8-11-4-2-6-26(11)20(29)16(25)18(28)17(12)27/h1,3,5,9,11,28H,2,4,6-8H2/t11-/m1/s1. The molecular formula is C20H16ClFN4O3S. The lowest BCUT2D eigenvalue weighted by Gasteiger charge is -2.32. The molecule has 2 aliphatic rings. The predicted molar refractivity (Wildman–Crippen MR) is 110 cm³/mol. The van der Waals surface area contributed by atoms with Crippen LogP contribution < -0.4 is 5.43 Å². The Morgan fingerprint density at radius 3 is 2.97 bits per heavy atom. The summed E-state index contributed by atoms with van der Waals surface area (Å²) in [4.78, 5) is 27.2. The third kappa shape index (κ3) is 3.00. The Labute approximate surface area is 179 Å². The lowest BCUT2D eigenvalue weighted by atomic mass is 10.1. The molecule has 1 amide bonds. The summed E-state index contributed by atoms with van der Waals surface area (Å²) in [6, 6.07) is 4.80. The van der Waals surface area contributed by atoms with Gasteiger partial charge in [-0.2, -0.15) is 0 Å². The second-order valence-electron chi connectivity index (χ2n) is 7.41. The molecule has 0 unspecified atom stereocenters. The largest absolute Gasteiger partial charge is 0.503 e. The number of fused-ring (bicyclic) bond motifs is 2. The number of aromatic nitrogens is 3. The first-order chi connectivity index (χ1) is 14.4. The topological polar surface area (TPSA) is 88.3 Å². The van der Waals surface area contributed by atoms with Crippen molar-refractivity contribution in [3.63, 3.8) is 0 Å². The van der Waals surface area contributed by atoms with Crippen molar-refractivity contribution in [3.8, 4) is 16.3 Å². The third-order valence-electron chi connectivity index (χ3n) is 5.57. The number of pyridine rings is 1. The average molecular weight is 447 g/mol. The summed E-state index contributed by atoms with van der Waals surface area (Å²) in [5.74, 6) is -1.40. The van der Waals surface area contributed by atoms with E-state index < -0.39 is 17.0 Å². The molecule has 2 aliphatic heterocycles. The number of hydrogen-bond donors (Lipinski definition) is 1. The number of carbonyl (C=O) groups excluding carboxylic acids is 1. The van der Waals surface area contributed by atoms with Crippen LogP contribution in [0, 0.1) is 5.82 Å². The molecule has 5 rings (SSSR count). The number of hydrogen-bond acceptors (Lipinski definition) is 6. The van der Waals surface area contributed by atoms with Crippen LogP contribution in [-0.2, 0) is 13.0 Å². The first-order valence-electron chi connectivity index (χ1n) is 9.47. The van der Waals surface area contributed by atoms with Gasteiger partial charge in [-0.1, -0.05) is 35.1 Å². The highest BCUT2D eigenvalue weighted by atomic mass is 35.5. The Kier molecular flexibility index (Phi) is 4.59. The van der Waals surface area contributed by atoms with E-state index in [4.69, 9.17) is 11.6 Å². The summed E-state index contributed by atoms with van der Waals surface area (Å²) >= 11 is 6.96. The first-order valence-corrected chi connectivity index (χ1v) is 10.7. The Morgan fingerprint density at radius 2 is 2.13 bits per heavy atom. The molecule has 3 aromatic rings. The van der Waals surface area contributed by atoms with E-state index in [-0.39, 0.29) is 34.6 Å². The van der Waals surface area contributed by atoms with E-state index in [1.807, 2.05) is 0 Å². The van der Waals surface area contributed by atoms with Crippen molar-refractivity contribution in [1.82, 2.24) is 19.7 Å². The van der Waals surface area contributed by atoms with Gasteiger partial charge in [0.25, 0.3) is 5.91 Å². The molecule has 10 heteroatoms. The van der Waals surface area contributed by atoms with Crippen LogP contribution >= 0.6 is 22.9 Å². The number of halogens is 2. The van der Waals surface area contributed by atoms with Gasteiger partial charge in [0.2, 0.25) is 5.43 Å². The lowest BCUT2D eigenvalue weighted by molar-refractivity contribution is 0.0661. The second-order valence-corrected chi connectivity index (χ2v) is 8.88. The maximum absolute atomic E-state index is 14.2. The van der Waals surface area contributed by atoms with Crippen LogP contribution in [0.25, 0.3) is 10.6 Å². The SMILES string of the molecule is O=C1c2c(O)c(=O)c(-c3nnc(Cc4cccc(Cl)c4F)s3)cn2C[C@H]2CCCN12. The monoisotopic (exact) mass is 446 g/mol. The van der Waals surface area contributed by atoms with Gasteiger partial charge in [0.05, 0.1) is 16.6 Å². The average Bonchev–Trinajstić information content (AvgIpc) is 3.38. The maximum Gasteiger partial charge on any atom is 0.274 e. The summed E-state index contributed by atoms with van der Waals surface area (Å²) in [5, 5.41) is 19.5. The van der Waals surface area contributed by atoms with E-state index in [1.165, 1.54) is 6.07 Å². The number of rotatable bonds is 3. The van der Waals surface area contributed by atoms with Gasteiger partial charge in [0.15, 0.2) is 16.5 Å². The van der Waals surface area contributed by atoms with E-state index in [0.29, 0.717) is 28.7 Å². The van der Waals surface area contributed by atoms with E-state index in [0.717, 1.165) is 24.2 Å². The molecule has 1 saturated heterocycles. The van der Waals surface area contributed by atoms with Gasteiger partial charge in [-0.15, -0.1) is 10.2 Å². The van der Waals surface area contributed by atoms with Gasteiger partial charge in [-0.05, 0) is 24.5 Å². The van der Waals surface area contributed by atoms with Gasteiger partial charge >= 0.3 is 0 Å². The molecule has 2 aromatic heterocycles. The zero-order chi connectivity index (χ0) is 21.0. The second kappa shape index (κ2) is 7.17.